The third-order valence-corrected chi connectivity index (χ3v) is 2.30. The number of aromatic nitrogens is 2. The highest BCUT2D eigenvalue weighted by Gasteiger charge is 2.11. The molecule has 0 radical (unpaired) electrons. The van der Waals surface area contributed by atoms with E-state index in [0.29, 0.717) is 0 Å². The lowest BCUT2D eigenvalue weighted by molar-refractivity contribution is -0.671. The Hall–Kier alpha value is -0.780. The minimum absolute atomic E-state index is 0. The number of rotatable bonds is 5. The van der Waals surface area contributed by atoms with Crippen molar-refractivity contribution in [1.82, 2.24) is 9.47 Å². The second kappa shape index (κ2) is 9.27. The molecule has 100 valence electrons. The molecule has 17 heavy (non-hydrogen) atoms. The molecule has 0 atom stereocenters. The van der Waals surface area contributed by atoms with Gasteiger partial charge in [-0.25, -0.2) is 9.13 Å². The summed E-state index contributed by atoms with van der Waals surface area (Å²) in [6.45, 7) is 1.98. The van der Waals surface area contributed by atoms with E-state index >= 15 is 0 Å². The maximum Gasteiger partial charge on any atom is 0.303 e. The van der Waals surface area contributed by atoms with Gasteiger partial charge in [0.05, 0.1) is 13.6 Å². The van der Waals surface area contributed by atoms with Gasteiger partial charge in [0.15, 0.2) is 6.21 Å². The van der Waals surface area contributed by atoms with Crippen molar-refractivity contribution in [2.75, 3.05) is 20.6 Å². The quantitative estimate of drug-likeness (QED) is 0.253. The Kier molecular flexibility index (Phi) is 10.1. The van der Waals surface area contributed by atoms with Crippen LogP contribution in [0.4, 0.5) is 0 Å². The minimum Gasteiger partial charge on any atom is -1.00 e. The molecule has 0 aliphatic rings. The molecule has 1 aromatic heterocycles. The van der Waals surface area contributed by atoms with Crippen LogP contribution in [0.3, 0.4) is 0 Å². The standard InChI is InChI=1S/C10H18N4O.2ClH/c1-12(2)5-4-6-14-8-7-13(3)10(14)9-11-15;;/h7-9H,4-6H2,1-3H3;2*1H/p-1. The zero-order chi connectivity index (χ0) is 11.3. The Morgan fingerprint density at radius 1 is 1.47 bits per heavy atom. The van der Waals surface area contributed by atoms with Gasteiger partial charge in [-0.3, -0.25) is 0 Å². The third-order valence-electron chi connectivity index (χ3n) is 2.30. The maximum absolute atomic E-state index is 8.54. The molecule has 0 amide bonds. The molecule has 5 nitrogen and oxygen atoms in total. The highest BCUT2D eigenvalue weighted by molar-refractivity contribution is 5.72. The van der Waals surface area contributed by atoms with Crippen molar-refractivity contribution < 1.29 is 34.6 Å². The number of hydrogen-bond acceptors (Lipinski definition) is 3. The van der Waals surface area contributed by atoms with Gasteiger partial charge >= 0.3 is 5.82 Å². The van der Waals surface area contributed by atoms with Crippen molar-refractivity contribution >= 4 is 6.21 Å². The average Bonchev–Trinajstić information content (AvgIpc) is 2.50. The molecule has 1 aromatic rings. The van der Waals surface area contributed by atoms with Crippen LogP contribution in [-0.4, -0.2) is 41.5 Å². The molecule has 1 N–H and O–H groups in total. The van der Waals surface area contributed by atoms with E-state index in [1.807, 2.05) is 24.0 Å². The lowest BCUT2D eigenvalue weighted by Crippen LogP contribution is -3.00. The highest BCUT2D eigenvalue weighted by Crippen LogP contribution is 1.95. The summed E-state index contributed by atoms with van der Waals surface area (Å²) in [4.78, 5) is 2.16. The van der Waals surface area contributed by atoms with E-state index in [9.17, 15) is 0 Å². The molecule has 0 aliphatic heterocycles. The molecule has 7 heteroatoms. The first-order chi connectivity index (χ1) is 7.15. The fraction of sp³-hybridized carbons (Fsp3) is 0.600. The number of halogens is 2. The number of oxime groups is 1. The van der Waals surface area contributed by atoms with Crippen LogP contribution in [-0.2, 0) is 13.6 Å². The van der Waals surface area contributed by atoms with E-state index in [0.717, 1.165) is 25.3 Å². The monoisotopic (exact) mass is 281 g/mol. The third kappa shape index (κ3) is 5.91. The van der Waals surface area contributed by atoms with Gasteiger partial charge in [-0.1, -0.05) is 5.16 Å². The smallest absolute Gasteiger partial charge is 0.303 e. The van der Waals surface area contributed by atoms with Crippen LogP contribution in [0.25, 0.3) is 0 Å². The van der Waals surface area contributed by atoms with Crippen LogP contribution in [0, 0.1) is 0 Å². The van der Waals surface area contributed by atoms with Gasteiger partial charge in [0.1, 0.15) is 12.4 Å². The summed E-state index contributed by atoms with van der Waals surface area (Å²) in [7, 11) is 6.05. The lowest BCUT2D eigenvalue weighted by atomic mass is 10.4. The molecule has 0 saturated carbocycles. The topological polar surface area (TPSA) is 44.6 Å². The van der Waals surface area contributed by atoms with E-state index in [-0.39, 0.29) is 24.8 Å². The lowest BCUT2D eigenvalue weighted by Gasteiger charge is -2.07. The van der Waals surface area contributed by atoms with Crippen molar-refractivity contribution in [3.63, 3.8) is 0 Å². The molecule has 0 fully saturated rings. The number of nitrogens with zero attached hydrogens (tertiary/aromatic N) is 4. The fourth-order valence-electron chi connectivity index (χ4n) is 1.50. The van der Waals surface area contributed by atoms with Crippen LogP contribution in [0.1, 0.15) is 12.2 Å². The SMILES string of the molecule is CN(C)CCCn1cc[n+](C)c1/C=N\O.[Cl-].[Cl-]. The normalized spacial score (nSPS) is 10.4. The van der Waals surface area contributed by atoms with Crippen molar-refractivity contribution in [1.29, 1.82) is 0 Å². The molecule has 0 spiro atoms. The summed E-state index contributed by atoms with van der Waals surface area (Å²) in [5.41, 5.74) is 0. The van der Waals surface area contributed by atoms with Crippen molar-refractivity contribution in [2.45, 2.75) is 13.0 Å². The maximum atomic E-state index is 8.54. The van der Waals surface area contributed by atoms with E-state index < -0.39 is 0 Å². The minimum atomic E-state index is 0. The molecule has 0 aromatic carbocycles. The Labute approximate surface area is 115 Å². The molecule has 0 aliphatic carbocycles. The van der Waals surface area contributed by atoms with E-state index in [4.69, 9.17) is 5.21 Å². The molecule has 1 heterocycles. The van der Waals surface area contributed by atoms with Crippen LogP contribution in [0.15, 0.2) is 17.5 Å². The first-order valence-corrected chi connectivity index (χ1v) is 5.02. The number of imidazole rings is 1. The predicted molar refractivity (Wildman–Crippen MR) is 58.2 cm³/mol. The summed E-state index contributed by atoms with van der Waals surface area (Å²) >= 11 is 0. The van der Waals surface area contributed by atoms with Gasteiger partial charge in [-0.05, 0) is 20.5 Å². The van der Waals surface area contributed by atoms with Crippen LogP contribution in [0.2, 0.25) is 0 Å². The summed E-state index contributed by atoms with van der Waals surface area (Å²) in [6, 6.07) is 0. The summed E-state index contributed by atoms with van der Waals surface area (Å²) < 4.78 is 4.00. The molecule has 0 unspecified atom stereocenters. The summed E-state index contributed by atoms with van der Waals surface area (Å²) in [6.07, 6.45) is 6.48. The van der Waals surface area contributed by atoms with Crippen LogP contribution < -0.4 is 29.4 Å². The Bertz CT molecular complexity index is 339. The Morgan fingerprint density at radius 2 is 2.12 bits per heavy atom. The van der Waals surface area contributed by atoms with E-state index in [2.05, 4.69) is 28.7 Å². The zero-order valence-electron chi connectivity index (χ0n) is 10.3. The molecule has 0 bridgehead atoms. The highest BCUT2D eigenvalue weighted by atomic mass is 35.5. The van der Waals surface area contributed by atoms with Crippen molar-refractivity contribution in [3.8, 4) is 0 Å². The molecule has 1 rings (SSSR count). The molecule has 0 saturated heterocycles. The van der Waals surface area contributed by atoms with Gasteiger partial charge < -0.3 is 34.9 Å². The van der Waals surface area contributed by atoms with Gasteiger partial charge in [0.2, 0.25) is 0 Å². The van der Waals surface area contributed by atoms with Gasteiger partial charge in [-0.2, -0.15) is 0 Å². The van der Waals surface area contributed by atoms with Crippen LogP contribution >= 0.6 is 0 Å². The van der Waals surface area contributed by atoms with Crippen molar-refractivity contribution in [3.05, 3.63) is 18.2 Å². The largest absolute Gasteiger partial charge is 1.00 e. The first kappa shape index (κ1) is 18.6. The van der Waals surface area contributed by atoms with Gasteiger partial charge in [0, 0.05) is 6.54 Å². The second-order valence-corrected chi connectivity index (χ2v) is 3.86. The number of hydrogen-bond donors (Lipinski definition) is 1. The first-order valence-electron chi connectivity index (χ1n) is 5.02. The second-order valence-electron chi connectivity index (χ2n) is 3.86. The zero-order valence-corrected chi connectivity index (χ0v) is 11.9. The summed E-state index contributed by atoms with van der Waals surface area (Å²) in [5, 5.41) is 11.6. The predicted octanol–water partition coefficient (Wildman–Crippen LogP) is -5.92. The molecular formula is C10H19Cl2N4O-. The van der Waals surface area contributed by atoms with Gasteiger partial charge in [0.25, 0.3) is 0 Å². The van der Waals surface area contributed by atoms with Crippen LogP contribution in [0.5, 0.6) is 0 Å². The average molecular weight is 282 g/mol. The van der Waals surface area contributed by atoms with E-state index in [1.165, 1.54) is 6.21 Å². The Balaban J connectivity index is 0. The number of aryl methyl sites for hydroxylation is 2. The van der Waals surface area contributed by atoms with Gasteiger partial charge in [-0.15, -0.1) is 0 Å². The summed E-state index contributed by atoms with van der Waals surface area (Å²) in [5.74, 6) is 0.899. The Morgan fingerprint density at radius 3 is 2.65 bits per heavy atom. The van der Waals surface area contributed by atoms with E-state index in [1.54, 1.807) is 0 Å². The van der Waals surface area contributed by atoms with Crippen molar-refractivity contribution in [2.24, 2.45) is 12.2 Å². The molecular weight excluding hydrogens is 263 g/mol. The fourth-order valence-corrected chi connectivity index (χ4v) is 1.50.